The average molecular weight is 252 g/mol. The summed E-state index contributed by atoms with van der Waals surface area (Å²) in [5.41, 5.74) is 0.507. The molecule has 0 aromatic carbocycles. The number of piperidine rings is 1. The van der Waals surface area contributed by atoms with Gasteiger partial charge in [-0.2, -0.15) is 0 Å². The van der Waals surface area contributed by atoms with E-state index in [2.05, 4.69) is 31.0 Å². The number of hydrogen-bond acceptors (Lipinski definition) is 2. The molecule has 1 aliphatic heterocycles. The van der Waals surface area contributed by atoms with Crippen LogP contribution in [0, 0.1) is 0 Å². The molecule has 106 valence electrons. The standard InChI is InChI=1S/C16H32N2/c1-4-11-17-15-8-12-18(14(2)13-15)16(3)9-6-5-7-10-16/h14-15,17H,4-13H2,1-3H3. The molecule has 2 nitrogen and oxygen atoms in total. The Hall–Kier alpha value is -0.0800. The van der Waals surface area contributed by atoms with Gasteiger partial charge in [-0.25, -0.2) is 0 Å². The highest BCUT2D eigenvalue weighted by Crippen LogP contribution is 2.37. The molecular formula is C16H32N2. The van der Waals surface area contributed by atoms with Crippen LogP contribution in [0.25, 0.3) is 0 Å². The third kappa shape index (κ3) is 3.27. The fraction of sp³-hybridized carbons (Fsp3) is 1.00. The van der Waals surface area contributed by atoms with Crippen molar-refractivity contribution in [2.75, 3.05) is 13.1 Å². The van der Waals surface area contributed by atoms with Crippen LogP contribution in [0.4, 0.5) is 0 Å². The van der Waals surface area contributed by atoms with E-state index in [-0.39, 0.29) is 0 Å². The molecule has 0 aromatic rings. The number of nitrogens with one attached hydrogen (secondary N) is 1. The summed E-state index contributed by atoms with van der Waals surface area (Å²) in [6, 6.07) is 1.53. The van der Waals surface area contributed by atoms with Gasteiger partial charge in [0.05, 0.1) is 0 Å². The van der Waals surface area contributed by atoms with Gasteiger partial charge in [0, 0.05) is 24.2 Å². The Morgan fingerprint density at radius 2 is 1.94 bits per heavy atom. The molecule has 0 bridgehead atoms. The number of rotatable bonds is 4. The summed E-state index contributed by atoms with van der Waals surface area (Å²) >= 11 is 0. The topological polar surface area (TPSA) is 15.3 Å². The van der Waals surface area contributed by atoms with Crippen molar-refractivity contribution in [3.63, 3.8) is 0 Å². The van der Waals surface area contributed by atoms with E-state index in [1.807, 2.05) is 0 Å². The third-order valence-corrected chi connectivity index (χ3v) is 5.18. The summed E-state index contributed by atoms with van der Waals surface area (Å²) in [5, 5.41) is 3.71. The van der Waals surface area contributed by atoms with Crippen LogP contribution < -0.4 is 5.32 Å². The summed E-state index contributed by atoms with van der Waals surface area (Å²) < 4.78 is 0. The van der Waals surface area contributed by atoms with Gasteiger partial charge in [-0.15, -0.1) is 0 Å². The Morgan fingerprint density at radius 3 is 2.56 bits per heavy atom. The molecule has 0 aromatic heterocycles. The van der Waals surface area contributed by atoms with Crippen LogP contribution in [-0.2, 0) is 0 Å². The van der Waals surface area contributed by atoms with Crippen molar-refractivity contribution in [3.8, 4) is 0 Å². The first-order chi connectivity index (χ1) is 8.65. The van der Waals surface area contributed by atoms with Crippen molar-refractivity contribution in [2.24, 2.45) is 0 Å². The van der Waals surface area contributed by atoms with E-state index in [4.69, 9.17) is 0 Å². The predicted octanol–water partition coefficient (Wildman–Crippen LogP) is 3.56. The molecule has 1 heterocycles. The maximum atomic E-state index is 3.71. The van der Waals surface area contributed by atoms with Crippen LogP contribution in [0.15, 0.2) is 0 Å². The smallest absolute Gasteiger partial charge is 0.0184 e. The molecule has 0 radical (unpaired) electrons. The van der Waals surface area contributed by atoms with Gasteiger partial charge >= 0.3 is 0 Å². The molecule has 2 aliphatic rings. The summed E-state index contributed by atoms with van der Waals surface area (Å²) in [4.78, 5) is 2.83. The van der Waals surface area contributed by atoms with Gasteiger partial charge in [-0.1, -0.05) is 26.2 Å². The minimum Gasteiger partial charge on any atom is -0.314 e. The van der Waals surface area contributed by atoms with E-state index in [1.54, 1.807) is 0 Å². The minimum absolute atomic E-state index is 0.507. The number of nitrogens with zero attached hydrogens (tertiary/aromatic N) is 1. The predicted molar refractivity (Wildman–Crippen MR) is 79.0 cm³/mol. The van der Waals surface area contributed by atoms with Crippen LogP contribution in [0.1, 0.15) is 72.1 Å². The van der Waals surface area contributed by atoms with Gasteiger partial charge in [0.1, 0.15) is 0 Å². The number of hydrogen-bond donors (Lipinski definition) is 1. The zero-order chi connectivity index (χ0) is 13.0. The van der Waals surface area contributed by atoms with Gasteiger partial charge < -0.3 is 5.32 Å². The highest BCUT2D eigenvalue weighted by Gasteiger charge is 2.38. The highest BCUT2D eigenvalue weighted by atomic mass is 15.2. The molecule has 1 saturated carbocycles. The Balaban J connectivity index is 1.88. The van der Waals surface area contributed by atoms with Gasteiger partial charge in [0.25, 0.3) is 0 Å². The first kappa shape index (κ1) is 14.3. The van der Waals surface area contributed by atoms with Crippen molar-refractivity contribution < 1.29 is 0 Å². The first-order valence-electron chi connectivity index (χ1n) is 8.16. The van der Waals surface area contributed by atoms with E-state index in [9.17, 15) is 0 Å². The normalized spacial score (nSPS) is 33.5. The highest BCUT2D eigenvalue weighted by molar-refractivity contribution is 4.95. The second-order valence-corrected chi connectivity index (χ2v) is 6.78. The van der Waals surface area contributed by atoms with E-state index in [0.29, 0.717) is 5.54 Å². The first-order valence-corrected chi connectivity index (χ1v) is 8.16. The second-order valence-electron chi connectivity index (χ2n) is 6.78. The van der Waals surface area contributed by atoms with Crippen LogP contribution in [0.5, 0.6) is 0 Å². The zero-order valence-electron chi connectivity index (χ0n) is 12.7. The molecule has 1 N–H and O–H groups in total. The van der Waals surface area contributed by atoms with Gasteiger partial charge in [0.2, 0.25) is 0 Å². The summed E-state index contributed by atoms with van der Waals surface area (Å²) in [6.45, 7) is 9.71. The summed E-state index contributed by atoms with van der Waals surface area (Å²) in [6.07, 6.45) is 11.1. The van der Waals surface area contributed by atoms with Crippen LogP contribution in [0.3, 0.4) is 0 Å². The molecule has 2 heteroatoms. The van der Waals surface area contributed by atoms with Crippen molar-refractivity contribution in [1.82, 2.24) is 10.2 Å². The lowest BCUT2D eigenvalue weighted by molar-refractivity contribution is 0.00225. The molecular weight excluding hydrogens is 220 g/mol. The lowest BCUT2D eigenvalue weighted by atomic mass is 9.79. The summed E-state index contributed by atoms with van der Waals surface area (Å²) in [5.74, 6) is 0. The third-order valence-electron chi connectivity index (χ3n) is 5.18. The molecule has 18 heavy (non-hydrogen) atoms. The lowest BCUT2D eigenvalue weighted by Gasteiger charge is -2.51. The average Bonchev–Trinajstić information content (AvgIpc) is 2.37. The minimum atomic E-state index is 0.507. The second kappa shape index (κ2) is 6.38. The molecule has 2 rings (SSSR count). The van der Waals surface area contributed by atoms with E-state index < -0.39 is 0 Å². The quantitative estimate of drug-likeness (QED) is 0.823. The van der Waals surface area contributed by atoms with Gasteiger partial charge in [-0.3, -0.25) is 4.90 Å². The molecule has 0 spiro atoms. The Kier molecular flexibility index (Phi) is 5.08. The van der Waals surface area contributed by atoms with Gasteiger partial charge in [0.15, 0.2) is 0 Å². The van der Waals surface area contributed by atoms with E-state index >= 15 is 0 Å². The fourth-order valence-corrected chi connectivity index (χ4v) is 4.11. The molecule has 1 aliphatic carbocycles. The summed E-state index contributed by atoms with van der Waals surface area (Å²) in [7, 11) is 0. The number of likely N-dealkylation sites (tertiary alicyclic amines) is 1. The molecule has 2 unspecified atom stereocenters. The molecule has 0 amide bonds. The van der Waals surface area contributed by atoms with Crippen molar-refractivity contribution >= 4 is 0 Å². The maximum Gasteiger partial charge on any atom is 0.0184 e. The Labute approximate surface area is 114 Å². The van der Waals surface area contributed by atoms with Crippen LogP contribution >= 0.6 is 0 Å². The van der Waals surface area contributed by atoms with Crippen molar-refractivity contribution in [2.45, 2.75) is 89.8 Å². The molecule has 2 fully saturated rings. The molecule has 2 atom stereocenters. The Morgan fingerprint density at radius 1 is 1.22 bits per heavy atom. The van der Waals surface area contributed by atoms with Crippen molar-refractivity contribution in [3.05, 3.63) is 0 Å². The Bertz CT molecular complexity index is 245. The maximum absolute atomic E-state index is 3.71. The van der Waals surface area contributed by atoms with Crippen LogP contribution in [-0.4, -0.2) is 35.6 Å². The van der Waals surface area contributed by atoms with Gasteiger partial charge in [-0.05, 0) is 52.5 Å². The fourth-order valence-electron chi connectivity index (χ4n) is 4.11. The monoisotopic (exact) mass is 252 g/mol. The van der Waals surface area contributed by atoms with E-state index in [0.717, 1.165) is 12.1 Å². The molecule has 1 saturated heterocycles. The van der Waals surface area contributed by atoms with E-state index in [1.165, 1.54) is 64.5 Å². The largest absolute Gasteiger partial charge is 0.314 e. The van der Waals surface area contributed by atoms with Crippen LogP contribution in [0.2, 0.25) is 0 Å². The van der Waals surface area contributed by atoms with Crippen molar-refractivity contribution in [1.29, 1.82) is 0 Å². The zero-order valence-corrected chi connectivity index (χ0v) is 12.7. The SMILES string of the molecule is CCCNC1CCN(C2(C)CCCCC2)C(C)C1. The lowest BCUT2D eigenvalue weighted by Crippen LogP contribution is -2.57.